The molecule has 0 bridgehead atoms. The molecular weight excluding hydrogens is 324 g/mol. The monoisotopic (exact) mass is 334 g/mol. The fraction of sp³-hybridized carbons (Fsp3) is 0.0625. The summed E-state index contributed by atoms with van der Waals surface area (Å²) in [7, 11) is 0. The van der Waals surface area contributed by atoms with E-state index in [1.54, 1.807) is 40.9 Å². The van der Waals surface area contributed by atoms with Crippen LogP contribution in [0.25, 0.3) is 16.2 Å². The van der Waals surface area contributed by atoms with Crippen LogP contribution in [-0.2, 0) is 0 Å². The van der Waals surface area contributed by atoms with Crippen LogP contribution in [0.4, 0.5) is 5.69 Å². The molecule has 3 rings (SSSR count). The molecule has 0 spiro atoms. The van der Waals surface area contributed by atoms with Crippen LogP contribution in [0.3, 0.4) is 0 Å². The highest BCUT2D eigenvalue weighted by Gasteiger charge is 2.13. The van der Waals surface area contributed by atoms with Crippen molar-refractivity contribution in [1.82, 2.24) is 14.6 Å². The predicted molar refractivity (Wildman–Crippen MR) is 90.2 cm³/mol. The Bertz CT molecular complexity index is 1080. The zero-order valence-corrected chi connectivity index (χ0v) is 13.3. The first-order chi connectivity index (χ1) is 11.6. The van der Waals surface area contributed by atoms with Crippen LogP contribution in [0.15, 0.2) is 46.2 Å². The van der Waals surface area contributed by atoms with Gasteiger partial charge in [-0.3, -0.25) is 4.79 Å². The summed E-state index contributed by atoms with van der Waals surface area (Å²) in [5.41, 5.74) is 1.67. The van der Waals surface area contributed by atoms with Gasteiger partial charge in [0.1, 0.15) is 17.7 Å². The SMILES string of the molecule is Cc1csc2nc(=O)c(-c3ccccc3NC=C(C#N)C#N)nn12. The molecule has 0 amide bonds. The zero-order valence-electron chi connectivity index (χ0n) is 12.5. The van der Waals surface area contributed by atoms with Crippen molar-refractivity contribution in [2.75, 3.05) is 5.32 Å². The predicted octanol–water partition coefficient (Wildman–Crippen LogP) is 2.47. The normalized spacial score (nSPS) is 9.96. The number of aryl methyl sites for hydroxylation is 1. The van der Waals surface area contributed by atoms with Crippen LogP contribution in [0.2, 0.25) is 0 Å². The summed E-state index contributed by atoms with van der Waals surface area (Å²) in [6, 6.07) is 10.5. The number of thiazole rings is 1. The molecule has 0 atom stereocenters. The van der Waals surface area contributed by atoms with Gasteiger partial charge in [-0.2, -0.15) is 20.6 Å². The lowest BCUT2D eigenvalue weighted by molar-refractivity contribution is 0.874. The first-order valence-electron chi connectivity index (χ1n) is 6.85. The lowest BCUT2D eigenvalue weighted by atomic mass is 10.1. The second-order valence-electron chi connectivity index (χ2n) is 4.81. The van der Waals surface area contributed by atoms with Crippen molar-refractivity contribution >= 4 is 22.0 Å². The molecule has 0 fully saturated rings. The van der Waals surface area contributed by atoms with E-state index in [1.807, 2.05) is 12.3 Å². The van der Waals surface area contributed by atoms with Crippen LogP contribution in [0.1, 0.15) is 5.69 Å². The van der Waals surface area contributed by atoms with Gasteiger partial charge in [-0.25, -0.2) is 4.52 Å². The molecule has 0 aliphatic carbocycles. The maximum atomic E-state index is 12.3. The maximum absolute atomic E-state index is 12.3. The highest BCUT2D eigenvalue weighted by Crippen LogP contribution is 2.24. The van der Waals surface area contributed by atoms with Gasteiger partial charge in [0, 0.05) is 22.8 Å². The van der Waals surface area contributed by atoms with Gasteiger partial charge in [0.05, 0.1) is 5.69 Å². The van der Waals surface area contributed by atoms with Crippen LogP contribution < -0.4 is 10.9 Å². The summed E-state index contributed by atoms with van der Waals surface area (Å²) in [6.45, 7) is 1.88. The Labute approximate surface area is 140 Å². The molecule has 7 nitrogen and oxygen atoms in total. The number of hydrogen-bond acceptors (Lipinski definition) is 7. The number of fused-ring (bicyclic) bond motifs is 1. The molecule has 1 N–H and O–H groups in total. The van der Waals surface area contributed by atoms with Gasteiger partial charge >= 0.3 is 5.56 Å². The largest absolute Gasteiger partial charge is 0.359 e. The highest BCUT2D eigenvalue weighted by atomic mass is 32.1. The van der Waals surface area contributed by atoms with E-state index in [0.29, 0.717) is 16.2 Å². The highest BCUT2D eigenvalue weighted by molar-refractivity contribution is 7.15. The zero-order chi connectivity index (χ0) is 17.1. The fourth-order valence-electron chi connectivity index (χ4n) is 2.09. The molecule has 8 heteroatoms. The third-order valence-electron chi connectivity index (χ3n) is 3.25. The number of para-hydroxylation sites is 1. The number of nitrogens with zero attached hydrogens (tertiary/aromatic N) is 5. The van der Waals surface area contributed by atoms with E-state index in [0.717, 1.165) is 5.69 Å². The van der Waals surface area contributed by atoms with Gasteiger partial charge in [0.25, 0.3) is 0 Å². The third kappa shape index (κ3) is 2.74. The average Bonchev–Trinajstić information content (AvgIpc) is 2.95. The van der Waals surface area contributed by atoms with Crippen molar-refractivity contribution in [3.05, 3.63) is 57.5 Å². The van der Waals surface area contributed by atoms with Crippen molar-refractivity contribution in [2.45, 2.75) is 6.92 Å². The quantitative estimate of drug-likeness (QED) is 0.737. The van der Waals surface area contributed by atoms with Gasteiger partial charge in [0.2, 0.25) is 4.96 Å². The lowest BCUT2D eigenvalue weighted by Crippen LogP contribution is -2.15. The number of allylic oxidation sites excluding steroid dienone is 1. The van der Waals surface area contributed by atoms with Crippen molar-refractivity contribution in [1.29, 1.82) is 10.5 Å². The number of anilines is 1. The Morgan fingerprint density at radius 2 is 2.08 bits per heavy atom. The van der Waals surface area contributed by atoms with Crippen LogP contribution >= 0.6 is 11.3 Å². The van der Waals surface area contributed by atoms with Gasteiger partial charge < -0.3 is 5.32 Å². The summed E-state index contributed by atoms with van der Waals surface area (Å²) in [5, 5.41) is 26.8. The molecule has 0 unspecified atom stereocenters. The minimum absolute atomic E-state index is 0.0725. The Morgan fingerprint density at radius 3 is 2.83 bits per heavy atom. The first-order valence-corrected chi connectivity index (χ1v) is 7.73. The van der Waals surface area contributed by atoms with Gasteiger partial charge in [-0.1, -0.05) is 18.2 Å². The topological polar surface area (TPSA) is 107 Å². The molecule has 0 aliphatic heterocycles. The number of rotatable bonds is 3. The molecule has 1 aromatic carbocycles. The average molecular weight is 334 g/mol. The summed E-state index contributed by atoms with van der Waals surface area (Å²) in [5.74, 6) is 0. The maximum Gasteiger partial charge on any atom is 0.300 e. The molecule has 3 aromatic rings. The minimum Gasteiger partial charge on any atom is -0.359 e. The van der Waals surface area contributed by atoms with Gasteiger partial charge in [-0.05, 0) is 13.0 Å². The van der Waals surface area contributed by atoms with Crippen LogP contribution in [0, 0.1) is 29.6 Å². The molecule has 2 aromatic heterocycles. The Balaban J connectivity index is 2.14. The van der Waals surface area contributed by atoms with Crippen molar-refractivity contribution in [3.63, 3.8) is 0 Å². The van der Waals surface area contributed by atoms with E-state index in [1.165, 1.54) is 17.5 Å². The van der Waals surface area contributed by atoms with Gasteiger partial charge in [0.15, 0.2) is 5.69 Å². The standard InChI is InChI=1S/C16H10N6OS/c1-10-9-24-16-20-15(23)14(21-22(10)16)12-4-2-3-5-13(12)19-8-11(6-17)7-18/h2-5,8-9,19H,1H3. The second-order valence-corrected chi connectivity index (χ2v) is 5.65. The molecule has 0 saturated heterocycles. The molecule has 116 valence electrons. The molecule has 2 heterocycles. The van der Waals surface area contributed by atoms with Crippen molar-refractivity contribution < 1.29 is 0 Å². The summed E-state index contributed by atoms with van der Waals surface area (Å²) in [4.78, 5) is 16.9. The molecule has 0 aliphatic rings. The number of benzene rings is 1. The van der Waals surface area contributed by atoms with E-state index in [-0.39, 0.29) is 11.3 Å². The number of nitrogens with one attached hydrogen (secondary N) is 1. The Kier molecular flexibility index (Phi) is 4.06. The van der Waals surface area contributed by atoms with E-state index < -0.39 is 5.56 Å². The number of hydrogen-bond donors (Lipinski definition) is 1. The summed E-state index contributed by atoms with van der Waals surface area (Å²) < 4.78 is 1.62. The van der Waals surface area contributed by atoms with Crippen LogP contribution in [-0.4, -0.2) is 14.6 Å². The Morgan fingerprint density at radius 1 is 1.33 bits per heavy atom. The summed E-state index contributed by atoms with van der Waals surface area (Å²) >= 11 is 1.35. The smallest absolute Gasteiger partial charge is 0.300 e. The summed E-state index contributed by atoms with van der Waals surface area (Å²) in [6.07, 6.45) is 1.29. The third-order valence-corrected chi connectivity index (χ3v) is 4.18. The fourth-order valence-corrected chi connectivity index (χ4v) is 2.89. The first kappa shape index (κ1) is 15.4. The second kappa shape index (κ2) is 6.32. The van der Waals surface area contributed by atoms with E-state index >= 15 is 0 Å². The Hall–Kier alpha value is -3.49. The van der Waals surface area contributed by atoms with Crippen molar-refractivity contribution in [2.24, 2.45) is 0 Å². The molecule has 24 heavy (non-hydrogen) atoms. The van der Waals surface area contributed by atoms with Crippen LogP contribution in [0.5, 0.6) is 0 Å². The minimum atomic E-state index is -0.434. The lowest BCUT2D eigenvalue weighted by Gasteiger charge is -2.08. The molecule has 0 radical (unpaired) electrons. The van der Waals surface area contributed by atoms with E-state index in [2.05, 4.69) is 15.4 Å². The number of aromatic nitrogens is 3. The molecule has 0 saturated carbocycles. The van der Waals surface area contributed by atoms with E-state index in [9.17, 15) is 4.79 Å². The molecular formula is C16H10N6OS. The van der Waals surface area contributed by atoms with Gasteiger partial charge in [-0.15, -0.1) is 11.3 Å². The van der Waals surface area contributed by atoms with Crippen molar-refractivity contribution in [3.8, 4) is 23.4 Å². The van der Waals surface area contributed by atoms with E-state index in [4.69, 9.17) is 10.5 Å². The number of nitriles is 2.